The van der Waals surface area contributed by atoms with Crippen molar-refractivity contribution in [2.75, 3.05) is 31.1 Å². The molecule has 1 amide bonds. The maximum Gasteiger partial charge on any atom is 0.230 e. The van der Waals surface area contributed by atoms with Crippen molar-refractivity contribution in [3.63, 3.8) is 0 Å². The van der Waals surface area contributed by atoms with Gasteiger partial charge >= 0.3 is 0 Å². The number of carbonyl (C=O) groups excluding carboxylic acids is 1. The Kier molecular flexibility index (Phi) is 5.99. The molecule has 0 saturated carbocycles. The number of aromatic nitrogens is 4. The Morgan fingerprint density at radius 1 is 0.882 bits per heavy atom. The summed E-state index contributed by atoms with van der Waals surface area (Å²) in [5.74, 6) is 0.661. The molecule has 0 radical (unpaired) electrons. The molecular formula is C25H22F2N6O. The van der Waals surface area contributed by atoms with E-state index in [9.17, 15) is 13.6 Å². The number of anilines is 1. The number of carbonyl (C=O) groups is 1. The fourth-order valence-electron chi connectivity index (χ4n) is 4.03. The molecule has 7 nitrogen and oxygen atoms in total. The molecule has 0 spiro atoms. The Hall–Kier alpha value is -4.14. The number of hydrogen-bond acceptors (Lipinski definition) is 5. The predicted octanol–water partition coefficient (Wildman–Crippen LogP) is 3.50. The molecule has 5 rings (SSSR count). The second-order valence-corrected chi connectivity index (χ2v) is 8.01. The molecule has 34 heavy (non-hydrogen) atoms. The summed E-state index contributed by atoms with van der Waals surface area (Å²) < 4.78 is 28.7. The molecule has 2 aromatic heterocycles. The summed E-state index contributed by atoms with van der Waals surface area (Å²) in [7, 11) is 0. The van der Waals surface area contributed by atoms with Gasteiger partial charge in [-0.2, -0.15) is 0 Å². The fourth-order valence-corrected chi connectivity index (χ4v) is 4.03. The summed E-state index contributed by atoms with van der Waals surface area (Å²) in [6.45, 7) is 2.50. The number of imidazole rings is 1. The van der Waals surface area contributed by atoms with Crippen LogP contribution in [0.1, 0.15) is 5.82 Å². The highest BCUT2D eigenvalue weighted by atomic mass is 19.1. The minimum Gasteiger partial charge on any atom is -0.353 e. The van der Waals surface area contributed by atoms with E-state index < -0.39 is 0 Å². The van der Waals surface area contributed by atoms with Crippen LogP contribution in [0.15, 0.2) is 73.3 Å². The van der Waals surface area contributed by atoms with E-state index in [2.05, 4.69) is 19.9 Å². The maximum atomic E-state index is 13.5. The highest BCUT2D eigenvalue weighted by molar-refractivity contribution is 5.79. The van der Waals surface area contributed by atoms with E-state index in [4.69, 9.17) is 0 Å². The average Bonchev–Trinajstić information content (AvgIpc) is 3.29. The van der Waals surface area contributed by atoms with Gasteiger partial charge in [0.15, 0.2) is 0 Å². The summed E-state index contributed by atoms with van der Waals surface area (Å²) in [4.78, 5) is 30.0. The van der Waals surface area contributed by atoms with E-state index in [1.165, 1.54) is 30.6 Å². The van der Waals surface area contributed by atoms with Gasteiger partial charge in [0, 0.05) is 49.8 Å². The molecule has 0 bridgehead atoms. The molecule has 4 aromatic rings. The quantitative estimate of drug-likeness (QED) is 0.456. The second kappa shape index (κ2) is 9.38. The second-order valence-electron chi connectivity index (χ2n) is 8.01. The van der Waals surface area contributed by atoms with Crippen molar-refractivity contribution < 1.29 is 13.6 Å². The van der Waals surface area contributed by atoms with Gasteiger partial charge in [-0.3, -0.25) is 4.79 Å². The number of nitrogens with zero attached hydrogens (tertiary/aromatic N) is 6. The van der Waals surface area contributed by atoms with Crippen LogP contribution in [0.25, 0.3) is 16.9 Å². The minimum atomic E-state index is -0.346. The smallest absolute Gasteiger partial charge is 0.230 e. The van der Waals surface area contributed by atoms with Crippen molar-refractivity contribution in [2.45, 2.75) is 6.42 Å². The molecule has 0 N–H and O–H groups in total. The molecule has 1 aliphatic rings. The lowest BCUT2D eigenvalue weighted by atomic mass is 10.2. The zero-order chi connectivity index (χ0) is 23.5. The monoisotopic (exact) mass is 460 g/mol. The van der Waals surface area contributed by atoms with E-state index in [0.29, 0.717) is 43.4 Å². The highest BCUT2D eigenvalue weighted by Gasteiger charge is 2.24. The largest absolute Gasteiger partial charge is 0.353 e. The van der Waals surface area contributed by atoms with Crippen LogP contribution in [0.2, 0.25) is 0 Å². The molecule has 2 aromatic carbocycles. The number of piperazine rings is 1. The number of amides is 1. The Morgan fingerprint density at radius 2 is 1.56 bits per heavy atom. The van der Waals surface area contributed by atoms with E-state index in [-0.39, 0.29) is 24.0 Å². The standard InChI is InChI=1S/C25H22F2N6O/c26-19-3-1-18(2-4-19)22-16-33(21-7-5-20(27)6-8-21)24(30-22)15-25(34)32-13-11-31(12-14-32)23-9-10-28-17-29-23/h1-10,16-17H,11-15H2. The first-order valence-corrected chi connectivity index (χ1v) is 11.0. The van der Waals surface area contributed by atoms with E-state index in [0.717, 1.165) is 11.4 Å². The van der Waals surface area contributed by atoms with Crippen molar-refractivity contribution in [1.29, 1.82) is 0 Å². The first kappa shape index (κ1) is 21.7. The third-order valence-corrected chi connectivity index (χ3v) is 5.86. The summed E-state index contributed by atoms with van der Waals surface area (Å²) in [5, 5.41) is 0. The van der Waals surface area contributed by atoms with Gasteiger partial charge in [-0.15, -0.1) is 0 Å². The molecule has 1 aliphatic heterocycles. The molecule has 0 atom stereocenters. The van der Waals surface area contributed by atoms with Crippen molar-refractivity contribution in [1.82, 2.24) is 24.4 Å². The summed E-state index contributed by atoms with van der Waals surface area (Å²) in [6, 6.07) is 13.9. The molecule has 3 heterocycles. The maximum absolute atomic E-state index is 13.5. The number of rotatable bonds is 5. The van der Waals surface area contributed by atoms with Crippen LogP contribution >= 0.6 is 0 Å². The van der Waals surface area contributed by atoms with Crippen LogP contribution in [-0.4, -0.2) is 56.5 Å². The number of benzene rings is 2. The Balaban J connectivity index is 1.36. The van der Waals surface area contributed by atoms with Crippen LogP contribution in [0.3, 0.4) is 0 Å². The Labute approximate surface area is 195 Å². The van der Waals surface area contributed by atoms with Gasteiger partial charge in [-0.25, -0.2) is 23.7 Å². The Bertz CT molecular complexity index is 1270. The van der Waals surface area contributed by atoms with Crippen molar-refractivity contribution in [2.24, 2.45) is 0 Å². The summed E-state index contributed by atoms with van der Waals surface area (Å²) in [6.07, 6.45) is 5.09. The van der Waals surface area contributed by atoms with Crippen molar-refractivity contribution in [3.8, 4) is 16.9 Å². The third-order valence-electron chi connectivity index (χ3n) is 5.86. The third kappa shape index (κ3) is 4.63. The van der Waals surface area contributed by atoms with Gasteiger partial charge in [0.2, 0.25) is 5.91 Å². The van der Waals surface area contributed by atoms with Crippen LogP contribution in [-0.2, 0) is 11.2 Å². The lowest BCUT2D eigenvalue weighted by Crippen LogP contribution is -2.49. The first-order chi connectivity index (χ1) is 16.6. The Morgan fingerprint density at radius 3 is 2.21 bits per heavy atom. The van der Waals surface area contributed by atoms with Gasteiger partial charge in [0.05, 0.1) is 12.1 Å². The molecular weight excluding hydrogens is 438 g/mol. The zero-order valence-corrected chi connectivity index (χ0v) is 18.3. The highest BCUT2D eigenvalue weighted by Crippen LogP contribution is 2.23. The first-order valence-electron chi connectivity index (χ1n) is 11.0. The lowest BCUT2D eigenvalue weighted by Gasteiger charge is -2.35. The molecule has 0 aliphatic carbocycles. The molecule has 172 valence electrons. The fraction of sp³-hybridized carbons (Fsp3) is 0.200. The SMILES string of the molecule is O=C(Cc1nc(-c2ccc(F)cc2)cn1-c1ccc(F)cc1)N1CCN(c2ccncn2)CC1. The van der Waals surface area contributed by atoms with E-state index in [1.807, 2.05) is 11.0 Å². The van der Waals surface area contributed by atoms with Crippen LogP contribution in [0.4, 0.5) is 14.6 Å². The van der Waals surface area contributed by atoms with Gasteiger partial charge in [0.25, 0.3) is 0 Å². The van der Waals surface area contributed by atoms with Crippen LogP contribution in [0, 0.1) is 11.6 Å². The number of hydrogen-bond donors (Lipinski definition) is 0. The van der Waals surface area contributed by atoms with Gasteiger partial charge < -0.3 is 14.4 Å². The molecule has 1 fully saturated rings. The number of halogens is 2. The topological polar surface area (TPSA) is 67.2 Å². The summed E-state index contributed by atoms with van der Waals surface area (Å²) >= 11 is 0. The van der Waals surface area contributed by atoms with Crippen molar-refractivity contribution >= 4 is 11.7 Å². The average molecular weight is 460 g/mol. The van der Waals surface area contributed by atoms with E-state index in [1.54, 1.807) is 41.2 Å². The molecule has 1 saturated heterocycles. The minimum absolute atomic E-state index is 0.0399. The van der Waals surface area contributed by atoms with Gasteiger partial charge in [0.1, 0.15) is 29.6 Å². The normalized spacial score (nSPS) is 13.8. The van der Waals surface area contributed by atoms with Gasteiger partial charge in [-0.1, -0.05) is 0 Å². The molecule has 9 heteroatoms. The summed E-state index contributed by atoms with van der Waals surface area (Å²) in [5.41, 5.74) is 2.04. The zero-order valence-electron chi connectivity index (χ0n) is 18.3. The lowest BCUT2D eigenvalue weighted by molar-refractivity contribution is -0.130. The molecule has 0 unspecified atom stereocenters. The van der Waals surface area contributed by atoms with Gasteiger partial charge in [-0.05, 0) is 54.6 Å². The van der Waals surface area contributed by atoms with Crippen LogP contribution < -0.4 is 4.90 Å². The van der Waals surface area contributed by atoms with Crippen LogP contribution in [0.5, 0.6) is 0 Å². The predicted molar refractivity (Wildman–Crippen MR) is 123 cm³/mol. The van der Waals surface area contributed by atoms with E-state index >= 15 is 0 Å². The van der Waals surface area contributed by atoms with Crippen molar-refractivity contribution in [3.05, 3.63) is 90.8 Å².